The molecular weight excluding hydrogens is 452 g/mol. The van der Waals surface area contributed by atoms with Crippen molar-refractivity contribution in [3.8, 4) is 0 Å². The maximum atomic E-state index is 13.8. The van der Waals surface area contributed by atoms with Gasteiger partial charge in [0.2, 0.25) is 5.91 Å². The van der Waals surface area contributed by atoms with E-state index in [2.05, 4.69) is 5.32 Å². The molecule has 5 fully saturated rings. The molecule has 0 spiro atoms. The van der Waals surface area contributed by atoms with Gasteiger partial charge in [0.05, 0.1) is 5.41 Å². The van der Waals surface area contributed by atoms with Gasteiger partial charge in [0.25, 0.3) is 5.91 Å². The Hall–Kier alpha value is -3.15. The van der Waals surface area contributed by atoms with Crippen LogP contribution in [0.2, 0.25) is 0 Å². The lowest BCUT2D eigenvalue weighted by Gasteiger charge is -2.56. The Morgan fingerprint density at radius 3 is 2.17 bits per heavy atom. The predicted molar refractivity (Wildman–Crippen MR) is 136 cm³/mol. The molecule has 1 heterocycles. The molecule has 1 aliphatic heterocycles. The Balaban J connectivity index is 1.05. The van der Waals surface area contributed by atoms with Gasteiger partial charge in [-0.05, 0) is 98.9 Å². The summed E-state index contributed by atoms with van der Waals surface area (Å²) in [6, 6.07) is 15.9. The highest BCUT2D eigenvalue weighted by molar-refractivity contribution is 6.04. The molecule has 0 aromatic heterocycles. The van der Waals surface area contributed by atoms with Crippen molar-refractivity contribution in [2.75, 3.05) is 11.9 Å². The number of hydrogen-bond acceptors (Lipinski definition) is 4. The van der Waals surface area contributed by atoms with Crippen LogP contribution < -0.4 is 5.32 Å². The summed E-state index contributed by atoms with van der Waals surface area (Å²) in [4.78, 5) is 41.2. The van der Waals surface area contributed by atoms with Crippen LogP contribution in [-0.2, 0) is 20.9 Å². The number of carbonyl (C=O) groups is 3. The van der Waals surface area contributed by atoms with Crippen LogP contribution in [0.1, 0.15) is 67.3 Å². The van der Waals surface area contributed by atoms with Crippen LogP contribution in [0.4, 0.5) is 5.69 Å². The van der Waals surface area contributed by atoms with Gasteiger partial charge in [-0.2, -0.15) is 0 Å². The van der Waals surface area contributed by atoms with E-state index >= 15 is 0 Å². The van der Waals surface area contributed by atoms with Crippen molar-refractivity contribution in [2.45, 2.75) is 64.0 Å². The summed E-state index contributed by atoms with van der Waals surface area (Å²) >= 11 is 0. The standard InChI is InChI=1S/C30H34N2O4/c33-27(31-25-5-2-1-3-6-25)24-10-8-20(9-11-24)19-36-28(34)26-7-4-12-32(26)29(35)30-16-21-13-22(17-30)15-23(14-21)18-30/h1-3,5-6,8-11,21-23,26H,4,7,12-19H2,(H,31,33). The van der Waals surface area contributed by atoms with Crippen molar-refractivity contribution < 1.29 is 19.1 Å². The molecule has 6 heteroatoms. The Morgan fingerprint density at radius 2 is 1.53 bits per heavy atom. The molecule has 1 saturated heterocycles. The van der Waals surface area contributed by atoms with Crippen LogP contribution in [0.15, 0.2) is 54.6 Å². The number of ether oxygens (including phenoxy) is 1. The smallest absolute Gasteiger partial charge is 0.329 e. The van der Waals surface area contributed by atoms with Gasteiger partial charge >= 0.3 is 5.97 Å². The van der Waals surface area contributed by atoms with Gasteiger partial charge in [-0.3, -0.25) is 9.59 Å². The summed E-state index contributed by atoms with van der Waals surface area (Å²) < 4.78 is 5.67. The lowest BCUT2D eigenvalue weighted by atomic mass is 9.49. The Bertz CT molecular complexity index is 1110. The molecule has 0 radical (unpaired) electrons. The quantitative estimate of drug-likeness (QED) is 0.570. The summed E-state index contributed by atoms with van der Waals surface area (Å²) in [6.07, 6.45) is 8.46. The predicted octanol–water partition coefficient (Wildman–Crippen LogP) is 5.19. The fourth-order valence-corrected chi connectivity index (χ4v) is 7.66. The molecule has 2 amide bonds. The van der Waals surface area contributed by atoms with Crippen molar-refractivity contribution in [1.82, 2.24) is 4.90 Å². The first-order valence-electron chi connectivity index (χ1n) is 13.4. The van der Waals surface area contributed by atoms with Crippen LogP contribution in [0.3, 0.4) is 0 Å². The number of likely N-dealkylation sites (tertiary alicyclic amines) is 1. The van der Waals surface area contributed by atoms with Crippen LogP contribution in [-0.4, -0.2) is 35.3 Å². The highest BCUT2D eigenvalue weighted by Gasteiger charge is 2.57. The van der Waals surface area contributed by atoms with Crippen molar-refractivity contribution in [1.29, 1.82) is 0 Å². The minimum atomic E-state index is -0.471. The Morgan fingerprint density at radius 1 is 0.889 bits per heavy atom. The summed E-state index contributed by atoms with van der Waals surface area (Å²) in [5, 5.41) is 2.87. The molecule has 4 saturated carbocycles. The number of hydrogen-bond donors (Lipinski definition) is 1. The van der Waals surface area contributed by atoms with Gasteiger partial charge in [0, 0.05) is 17.8 Å². The second-order valence-electron chi connectivity index (χ2n) is 11.5. The zero-order chi connectivity index (χ0) is 24.7. The van der Waals surface area contributed by atoms with Crippen LogP contribution >= 0.6 is 0 Å². The molecule has 2 aromatic rings. The Kier molecular flexibility index (Phi) is 6.06. The first-order chi connectivity index (χ1) is 17.5. The van der Waals surface area contributed by atoms with E-state index in [1.807, 2.05) is 35.2 Å². The number of para-hydroxylation sites is 1. The molecule has 2 aromatic carbocycles. The fourth-order valence-electron chi connectivity index (χ4n) is 7.66. The molecule has 4 bridgehead atoms. The minimum Gasteiger partial charge on any atom is -0.459 e. The van der Waals surface area contributed by atoms with Crippen LogP contribution in [0.25, 0.3) is 0 Å². The van der Waals surface area contributed by atoms with E-state index in [-0.39, 0.29) is 29.8 Å². The largest absolute Gasteiger partial charge is 0.459 e. The molecule has 1 N–H and O–H groups in total. The lowest BCUT2D eigenvalue weighted by molar-refractivity contribution is -0.166. The molecule has 1 unspecified atom stereocenters. The SMILES string of the molecule is O=C(Nc1ccccc1)c1ccc(COC(=O)C2CCCN2C(=O)C23CC4CC(CC(C4)C2)C3)cc1. The van der Waals surface area contributed by atoms with E-state index in [1.54, 1.807) is 24.3 Å². The molecule has 4 aliphatic carbocycles. The van der Waals surface area contributed by atoms with Crippen LogP contribution in [0.5, 0.6) is 0 Å². The normalized spacial score (nSPS) is 30.3. The number of amides is 2. The molecule has 5 aliphatic rings. The molecule has 7 rings (SSSR count). The lowest BCUT2D eigenvalue weighted by Crippen LogP contribution is -2.56. The third kappa shape index (κ3) is 4.42. The molecular formula is C30H34N2O4. The molecule has 6 nitrogen and oxygen atoms in total. The van der Waals surface area contributed by atoms with E-state index in [0.29, 0.717) is 36.3 Å². The Labute approximate surface area is 212 Å². The first kappa shape index (κ1) is 23.3. The minimum absolute atomic E-state index is 0.134. The van der Waals surface area contributed by atoms with E-state index in [0.717, 1.165) is 36.9 Å². The van der Waals surface area contributed by atoms with E-state index in [9.17, 15) is 14.4 Å². The van der Waals surface area contributed by atoms with E-state index < -0.39 is 6.04 Å². The second-order valence-corrected chi connectivity index (χ2v) is 11.5. The van der Waals surface area contributed by atoms with Gasteiger partial charge in [0.15, 0.2) is 0 Å². The molecule has 1 atom stereocenters. The van der Waals surface area contributed by atoms with Gasteiger partial charge < -0.3 is 15.0 Å². The van der Waals surface area contributed by atoms with Crippen molar-refractivity contribution in [3.63, 3.8) is 0 Å². The summed E-state index contributed by atoms with van der Waals surface area (Å²) in [7, 11) is 0. The number of nitrogens with one attached hydrogen (secondary N) is 1. The average Bonchev–Trinajstić information content (AvgIpc) is 3.37. The van der Waals surface area contributed by atoms with E-state index in [4.69, 9.17) is 4.74 Å². The number of nitrogens with zero attached hydrogens (tertiary/aromatic N) is 1. The number of rotatable bonds is 6. The number of benzene rings is 2. The third-order valence-corrected chi connectivity index (χ3v) is 8.91. The van der Waals surface area contributed by atoms with Crippen molar-refractivity contribution in [2.24, 2.45) is 23.2 Å². The summed E-state index contributed by atoms with van der Waals surface area (Å²) in [5.41, 5.74) is 1.87. The number of carbonyl (C=O) groups excluding carboxylic acids is 3. The first-order valence-corrected chi connectivity index (χ1v) is 13.4. The monoisotopic (exact) mass is 486 g/mol. The van der Waals surface area contributed by atoms with Gasteiger partial charge in [-0.25, -0.2) is 4.79 Å². The maximum absolute atomic E-state index is 13.8. The van der Waals surface area contributed by atoms with Gasteiger partial charge in [-0.1, -0.05) is 30.3 Å². The highest BCUT2D eigenvalue weighted by Crippen LogP contribution is 2.60. The number of esters is 1. The second kappa shape index (κ2) is 9.38. The van der Waals surface area contributed by atoms with Gasteiger partial charge in [-0.15, -0.1) is 0 Å². The third-order valence-electron chi connectivity index (χ3n) is 8.91. The van der Waals surface area contributed by atoms with Gasteiger partial charge in [0.1, 0.15) is 12.6 Å². The zero-order valence-corrected chi connectivity index (χ0v) is 20.7. The fraction of sp³-hybridized carbons (Fsp3) is 0.500. The van der Waals surface area contributed by atoms with E-state index in [1.165, 1.54) is 19.3 Å². The number of anilines is 1. The molecule has 36 heavy (non-hydrogen) atoms. The van der Waals surface area contributed by atoms with Crippen molar-refractivity contribution in [3.05, 3.63) is 65.7 Å². The van der Waals surface area contributed by atoms with Crippen LogP contribution in [0, 0.1) is 23.2 Å². The summed E-state index contributed by atoms with van der Waals surface area (Å²) in [6.45, 7) is 0.793. The maximum Gasteiger partial charge on any atom is 0.329 e. The zero-order valence-electron chi connectivity index (χ0n) is 20.7. The highest BCUT2D eigenvalue weighted by atomic mass is 16.5. The van der Waals surface area contributed by atoms with Crippen molar-refractivity contribution >= 4 is 23.5 Å². The molecule has 188 valence electrons. The summed E-state index contributed by atoms with van der Waals surface area (Å²) in [5.74, 6) is 1.82. The average molecular weight is 487 g/mol. The topological polar surface area (TPSA) is 75.7 Å².